The maximum atomic E-state index is 13.4. The molecule has 19 heavy (non-hydrogen) atoms. The monoisotopic (exact) mass is 257 g/mol. The molecule has 0 saturated heterocycles. The van der Waals surface area contributed by atoms with Crippen LogP contribution in [0.1, 0.15) is 5.56 Å². The Hall–Kier alpha value is -2.50. The van der Waals surface area contributed by atoms with Crippen LogP contribution in [-0.4, -0.2) is 27.2 Å². The lowest BCUT2D eigenvalue weighted by atomic mass is 10.1. The molecular weight excluding hydrogens is 245 g/mol. The van der Waals surface area contributed by atoms with E-state index in [0.29, 0.717) is 17.2 Å². The summed E-state index contributed by atoms with van der Waals surface area (Å²) in [4.78, 5) is 8.69. The fourth-order valence-electron chi connectivity index (χ4n) is 1.96. The molecule has 2 N–H and O–H groups in total. The minimum atomic E-state index is -0.227. The highest BCUT2D eigenvalue weighted by atomic mass is 19.1. The number of rotatable bonds is 2. The molecular formula is C13H12FN5. The Morgan fingerprint density at radius 1 is 1.26 bits per heavy atom. The van der Waals surface area contributed by atoms with Gasteiger partial charge in [0.25, 0.3) is 0 Å². The van der Waals surface area contributed by atoms with E-state index in [1.165, 1.54) is 6.07 Å². The van der Waals surface area contributed by atoms with E-state index in [-0.39, 0.29) is 5.82 Å². The van der Waals surface area contributed by atoms with Crippen molar-refractivity contribution in [2.24, 2.45) is 0 Å². The molecule has 0 aliphatic heterocycles. The normalized spacial score (nSPS) is 10.9. The summed E-state index contributed by atoms with van der Waals surface area (Å²) in [5, 5.41) is 10.5. The van der Waals surface area contributed by atoms with Crippen LogP contribution < -0.4 is 5.32 Å². The summed E-state index contributed by atoms with van der Waals surface area (Å²) in [6.07, 6.45) is 1.67. The number of nitrogens with one attached hydrogen (secondary N) is 2. The van der Waals surface area contributed by atoms with Crippen molar-refractivity contribution in [1.82, 2.24) is 20.2 Å². The average molecular weight is 257 g/mol. The Bertz CT molecular complexity index is 750. The average Bonchev–Trinajstić information content (AvgIpc) is 2.89. The van der Waals surface area contributed by atoms with Crippen LogP contribution in [-0.2, 0) is 0 Å². The van der Waals surface area contributed by atoms with E-state index in [0.717, 1.165) is 16.6 Å². The van der Waals surface area contributed by atoms with Crippen LogP contribution in [0.2, 0.25) is 0 Å². The summed E-state index contributed by atoms with van der Waals surface area (Å²) in [7, 11) is 1.75. The van der Waals surface area contributed by atoms with Gasteiger partial charge in [-0.25, -0.2) is 9.37 Å². The Morgan fingerprint density at radius 2 is 2.11 bits per heavy atom. The first-order valence-corrected chi connectivity index (χ1v) is 5.84. The molecule has 0 spiro atoms. The molecule has 2 heterocycles. The SMILES string of the molecule is CNc1nc(-c2ccc(F)c(C)c2)c2cn[nH]c2n1. The number of anilines is 1. The molecule has 2 aromatic heterocycles. The highest BCUT2D eigenvalue weighted by molar-refractivity contribution is 5.90. The van der Waals surface area contributed by atoms with Gasteiger partial charge in [0, 0.05) is 12.6 Å². The van der Waals surface area contributed by atoms with E-state index >= 15 is 0 Å². The molecule has 0 radical (unpaired) electrons. The number of hydrogen-bond donors (Lipinski definition) is 2. The van der Waals surface area contributed by atoms with Gasteiger partial charge in [-0.05, 0) is 30.7 Å². The second kappa shape index (κ2) is 4.31. The van der Waals surface area contributed by atoms with Gasteiger partial charge >= 0.3 is 0 Å². The van der Waals surface area contributed by atoms with Gasteiger partial charge in [-0.3, -0.25) is 5.10 Å². The minimum absolute atomic E-state index is 0.227. The smallest absolute Gasteiger partial charge is 0.225 e. The van der Waals surface area contributed by atoms with Crippen LogP contribution in [0.5, 0.6) is 0 Å². The maximum absolute atomic E-state index is 13.4. The Kier molecular flexibility index (Phi) is 2.63. The van der Waals surface area contributed by atoms with Crippen LogP contribution >= 0.6 is 0 Å². The third-order valence-corrected chi connectivity index (χ3v) is 2.96. The number of aromatic nitrogens is 4. The van der Waals surface area contributed by atoms with Crippen molar-refractivity contribution in [2.45, 2.75) is 6.92 Å². The molecule has 0 bridgehead atoms. The van der Waals surface area contributed by atoms with E-state index < -0.39 is 0 Å². The van der Waals surface area contributed by atoms with Crippen molar-refractivity contribution < 1.29 is 4.39 Å². The largest absolute Gasteiger partial charge is 0.357 e. The van der Waals surface area contributed by atoms with Gasteiger partial charge < -0.3 is 5.32 Å². The molecule has 3 aromatic rings. The van der Waals surface area contributed by atoms with Crippen molar-refractivity contribution in [3.8, 4) is 11.3 Å². The Morgan fingerprint density at radius 3 is 2.84 bits per heavy atom. The Balaban J connectivity index is 2.27. The predicted molar refractivity (Wildman–Crippen MR) is 71.4 cm³/mol. The summed E-state index contributed by atoms with van der Waals surface area (Å²) >= 11 is 0. The fraction of sp³-hybridized carbons (Fsp3) is 0.154. The Labute approximate surface area is 108 Å². The van der Waals surface area contributed by atoms with Crippen LogP contribution in [0, 0.1) is 12.7 Å². The molecule has 0 fully saturated rings. The highest BCUT2D eigenvalue weighted by Gasteiger charge is 2.11. The van der Waals surface area contributed by atoms with Crippen LogP contribution in [0.25, 0.3) is 22.3 Å². The summed E-state index contributed by atoms with van der Waals surface area (Å²) in [5.74, 6) is 0.267. The lowest BCUT2D eigenvalue weighted by Gasteiger charge is -2.06. The lowest BCUT2D eigenvalue weighted by molar-refractivity contribution is 0.619. The zero-order valence-corrected chi connectivity index (χ0v) is 10.5. The number of nitrogens with zero attached hydrogens (tertiary/aromatic N) is 3. The number of hydrogen-bond acceptors (Lipinski definition) is 4. The molecule has 0 saturated carbocycles. The molecule has 96 valence electrons. The van der Waals surface area contributed by atoms with Crippen molar-refractivity contribution in [3.05, 3.63) is 35.8 Å². The summed E-state index contributed by atoms with van der Waals surface area (Å²) in [5.41, 5.74) is 2.80. The first-order valence-electron chi connectivity index (χ1n) is 5.84. The molecule has 0 aliphatic rings. The van der Waals surface area contributed by atoms with Crippen LogP contribution in [0.3, 0.4) is 0 Å². The fourth-order valence-corrected chi connectivity index (χ4v) is 1.96. The van der Waals surface area contributed by atoms with Gasteiger partial charge in [0.2, 0.25) is 5.95 Å². The quantitative estimate of drug-likeness (QED) is 0.740. The first kappa shape index (κ1) is 11.6. The summed E-state index contributed by atoms with van der Waals surface area (Å²) < 4.78 is 13.4. The summed E-state index contributed by atoms with van der Waals surface area (Å²) in [6, 6.07) is 4.91. The van der Waals surface area contributed by atoms with E-state index in [1.54, 1.807) is 32.3 Å². The maximum Gasteiger partial charge on any atom is 0.225 e. The van der Waals surface area contributed by atoms with Gasteiger partial charge in [0.05, 0.1) is 17.3 Å². The second-order valence-electron chi connectivity index (χ2n) is 4.24. The van der Waals surface area contributed by atoms with E-state index in [2.05, 4.69) is 25.5 Å². The molecule has 5 nitrogen and oxygen atoms in total. The number of aryl methyl sites for hydroxylation is 1. The van der Waals surface area contributed by atoms with E-state index in [4.69, 9.17) is 0 Å². The lowest BCUT2D eigenvalue weighted by Crippen LogP contribution is -1.98. The number of H-pyrrole nitrogens is 1. The standard InChI is InChI=1S/C13H12FN5/c1-7-5-8(3-4-10(7)14)11-9-6-16-19-12(9)18-13(15-2)17-11/h3-6H,1-2H3,(H2,15,16,17,18,19). The molecule has 3 rings (SSSR count). The van der Waals surface area contributed by atoms with Crippen molar-refractivity contribution in [3.63, 3.8) is 0 Å². The molecule has 0 unspecified atom stereocenters. The predicted octanol–water partition coefficient (Wildman–Crippen LogP) is 2.51. The highest BCUT2D eigenvalue weighted by Crippen LogP contribution is 2.27. The first-order chi connectivity index (χ1) is 9.19. The number of halogens is 1. The van der Waals surface area contributed by atoms with Crippen molar-refractivity contribution in [1.29, 1.82) is 0 Å². The van der Waals surface area contributed by atoms with Crippen LogP contribution in [0.15, 0.2) is 24.4 Å². The molecule has 6 heteroatoms. The molecule has 0 amide bonds. The van der Waals surface area contributed by atoms with Gasteiger partial charge in [0.15, 0.2) is 5.65 Å². The zero-order chi connectivity index (χ0) is 13.4. The third-order valence-electron chi connectivity index (χ3n) is 2.96. The topological polar surface area (TPSA) is 66.5 Å². The van der Waals surface area contributed by atoms with Gasteiger partial charge in [-0.1, -0.05) is 0 Å². The molecule has 1 aromatic carbocycles. The number of benzene rings is 1. The van der Waals surface area contributed by atoms with Crippen LogP contribution in [0.4, 0.5) is 10.3 Å². The summed E-state index contributed by atoms with van der Waals surface area (Å²) in [6.45, 7) is 1.73. The molecule has 0 atom stereocenters. The van der Waals surface area contributed by atoms with Gasteiger partial charge in [-0.15, -0.1) is 0 Å². The third kappa shape index (κ3) is 1.91. The second-order valence-corrected chi connectivity index (χ2v) is 4.24. The number of aromatic amines is 1. The number of fused-ring (bicyclic) bond motifs is 1. The van der Waals surface area contributed by atoms with Gasteiger partial charge in [-0.2, -0.15) is 10.1 Å². The van der Waals surface area contributed by atoms with Crippen molar-refractivity contribution in [2.75, 3.05) is 12.4 Å². The van der Waals surface area contributed by atoms with Crippen molar-refractivity contribution >= 4 is 17.0 Å². The zero-order valence-electron chi connectivity index (χ0n) is 10.5. The van der Waals surface area contributed by atoms with E-state index in [1.807, 2.05) is 0 Å². The van der Waals surface area contributed by atoms with E-state index in [9.17, 15) is 4.39 Å². The minimum Gasteiger partial charge on any atom is -0.357 e. The van der Waals surface area contributed by atoms with Gasteiger partial charge in [0.1, 0.15) is 5.82 Å². The molecule has 0 aliphatic carbocycles.